The maximum Gasteiger partial charge on any atom is 0.416 e. The molecule has 0 amide bonds. The van der Waals surface area contributed by atoms with Crippen molar-refractivity contribution in [3.8, 4) is 22.4 Å². The Bertz CT molecular complexity index is 1880. The second-order valence-corrected chi connectivity index (χ2v) is 11.5. The number of alkyl halides is 3. The molecule has 44 heavy (non-hydrogen) atoms. The first-order valence-electron chi connectivity index (χ1n) is 14.1. The Labute approximate surface area is 254 Å². The van der Waals surface area contributed by atoms with E-state index in [9.17, 15) is 26.7 Å². The molecule has 0 saturated carbocycles. The van der Waals surface area contributed by atoms with E-state index in [4.69, 9.17) is 4.98 Å². The number of hydrogen-bond donors (Lipinski definition) is 0. The van der Waals surface area contributed by atoms with Crippen LogP contribution in [-0.4, -0.2) is 19.1 Å². The third kappa shape index (κ3) is 5.80. The van der Waals surface area contributed by atoms with E-state index in [0.29, 0.717) is 42.2 Å². The molecule has 0 spiro atoms. The van der Waals surface area contributed by atoms with Crippen LogP contribution in [-0.2, 0) is 37.9 Å². The normalized spacial score (nSPS) is 13.0. The Kier molecular flexibility index (Phi) is 8.15. The number of benzene rings is 3. The minimum Gasteiger partial charge on any atom is -0.327 e. The van der Waals surface area contributed by atoms with Gasteiger partial charge in [-0.3, -0.25) is 4.79 Å². The average molecular weight is 623 g/mol. The summed E-state index contributed by atoms with van der Waals surface area (Å²) in [6.07, 6.45) is -0.430. The van der Waals surface area contributed by atoms with E-state index in [2.05, 4.69) is 9.55 Å². The van der Waals surface area contributed by atoms with Crippen molar-refractivity contribution in [2.45, 2.75) is 56.4 Å². The highest BCUT2D eigenvalue weighted by atomic mass is 32.2. The summed E-state index contributed by atoms with van der Waals surface area (Å²) in [5.74, 6) is -0.987. The van der Waals surface area contributed by atoms with Crippen LogP contribution >= 0.6 is 11.8 Å². The van der Waals surface area contributed by atoms with Crippen LogP contribution in [0, 0.1) is 11.6 Å². The van der Waals surface area contributed by atoms with E-state index in [-0.39, 0.29) is 16.9 Å². The van der Waals surface area contributed by atoms with Crippen LogP contribution in [0.15, 0.2) is 82.9 Å². The van der Waals surface area contributed by atoms with E-state index < -0.39 is 23.4 Å². The SMILES string of the molecule is CCn1c(-c2ccc(-c3ccc(C(F)(F)F)cc3)cc2)cnc1Cn1c(SCc2cccc(F)c2F)nc(=O)c2c1CCC2. The lowest BCUT2D eigenvalue weighted by Gasteiger charge is -2.18. The fourth-order valence-corrected chi connectivity index (χ4v) is 6.60. The third-order valence-corrected chi connectivity index (χ3v) is 8.89. The van der Waals surface area contributed by atoms with Crippen molar-refractivity contribution in [2.75, 3.05) is 0 Å². The Morgan fingerprint density at radius 1 is 0.886 bits per heavy atom. The molecule has 0 atom stereocenters. The molecule has 3 aromatic carbocycles. The van der Waals surface area contributed by atoms with E-state index >= 15 is 0 Å². The Balaban J connectivity index is 1.29. The molecule has 2 aromatic heterocycles. The van der Waals surface area contributed by atoms with Crippen LogP contribution in [0.5, 0.6) is 0 Å². The number of imidazole rings is 1. The highest BCUT2D eigenvalue weighted by Gasteiger charge is 2.30. The van der Waals surface area contributed by atoms with Crippen LogP contribution in [0.4, 0.5) is 22.0 Å². The van der Waals surface area contributed by atoms with Gasteiger partial charge >= 0.3 is 6.18 Å². The van der Waals surface area contributed by atoms with Crippen LogP contribution in [0.3, 0.4) is 0 Å². The number of hydrogen-bond acceptors (Lipinski definition) is 4. The first-order valence-corrected chi connectivity index (χ1v) is 15.1. The number of halogens is 5. The summed E-state index contributed by atoms with van der Waals surface area (Å²) < 4.78 is 71.1. The zero-order chi connectivity index (χ0) is 31.0. The van der Waals surface area contributed by atoms with Crippen LogP contribution in [0.1, 0.15) is 41.6 Å². The number of aromatic nitrogens is 4. The van der Waals surface area contributed by atoms with Gasteiger partial charge in [0.1, 0.15) is 5.82 Å². The van der Waals surface area contributed by atoms with Gasteiger partial charge in [-0.2, -0.15) is 18.2 Å². The van der Waals surface area contributed by atoms with Crippen molar-refractivity contribution < 1.29 is 22.0 Å². The number of nitrogens with zero attached hydrogens (tertiary/aromatic N) is 4. The summed E-state index contributed by atoms with van der Waals surface area (Å²) in [4.78, 5) is 21.9. The van der Waals surface area contributed by atoms with Crippen molar-refractivity contribution in [3.63, 3.8) is 0 Å². The van der Waals surface area contributed by atoms with E-state index in [0.717, 1.165) is 53.0 Å². The molecule has 0 unspecified atom stereocenters. The molecular formula is C33H27F5N4OS. The summed E-state index contributed by atoms with van der Waals surface area (Å²) in [5.41, 5.74) is 4.00. The molecule has 1 aliphatic rings. The number of fused-ring (bicyclic) bond motifs is 1. The predicted molar refractivity (Wildman–Crippen MR) is 159 cm³/mol. The first-order chi connectivity index (χ1) is 21.1. The molecule has 226 valence electrons. The number of thioether (sulfide) groups is 1. The highest BCUT2D eigenvalue weighted by Crippen LogP contribution is 2.33. The molecule has 0 N–H and O–H groups in total. The van der Waals surface area contributed by atoms with Gasteiger partial charge in [-0.25, -0.2) is 13.8 Å². The van der Waals surface area contributed by atoms with Crippen molar-refractivity contribution in [1.29, 1.82) is 0 Å². The van der Waals surface area contributed by atoms with E-state index in [1.54, 1.807) is 6.20 Å². The molecule has 0 fully saturated rings. The molecule has 2 heterocycles. The first kappa shape index (κ1) is 29.8. The van der Waals surface area contributed by atoms with E-state index in [1.165, 1.54) is 36.0 Å². The van der Waals surface area contributed by atoms with Crippen molar-refractivity contribution in [2.24, 2.45) is 0 Å². The van der Waals surface area contributed by atoms with E-state index in [1.807, 2.05) is 35.8 Å². The molecule has 6 rings (SSSR count). The topological polar surface area (TPSA) is 52.7 Å². The predicted octanol–water partition coefficient (Wildman–Crippen LogP) is 7.92. The van der Waals surface area contributed by atoms with Crippen molar-refractivity contribution in [1.82, 2.24) is 19.1 Å². The maximum atomic E-state index is 14.4. The summed E-state index contributed by atoms with van der Waals surface area (Å²) in [7, 11) is 0. The third-order valence-electron chi connectivity index (χ3n) is 7.87. The standard InChI is InChI=1S/C33H27F5N4OS/c1-2-41-28(22-11-9-20(10-12-22)21-13-15-24(16-14-21)33(36,37)38)17-39-29(41)18-42-27-8-4-6-25(27)31(43)40-32(42)44-19-23-5-3-7-26(34)30(23)35/h3,5,7,9-17H,2,4,6,8,18-19H2,1H3. The van der Waals surface area contributed by atoms with Gasteiger partial charge in [0.25, 0.3) is 5.56 Å². The lowest BCUT2D eigenvalue weighted by molar-refractivity contribution is -0.137. The van der Waals surface area contributed by atoms with Gasteiger partial charge in [0.15, 0.2) is 16.8 Å². The second kappa shape index (κ2) is 12.0. The second-order valence-electron chi connectivity index (χ2n) is 10.5. The van der Waals surface area contributed by atoms with Crippen LogP contribution in [0.25, 0.3) is 22.4 Å². The van der Waals surface area contributed by atoms with Gasteiger partial charge in [-0.1, -0.05) is 60.3 Å². The Morgan fingerprint density at radius 2 is 1.57 bits per heavy atom. The van der Waals surface area contributed by atoms with Gasteiger partial charge in [0.2, 0.25) is 0 Å². The zero-order valence-corrected chi connectivity index (χ0v) is 24.5. The molecule has 1 aliphatic carbocycles. The smallest absolute Gasteiger partial charge is 0.327 e. The minimum atomic E-state index is -4.39. The number of rotatable bonds is 8. The van der Waals surface area contributed by atoms with Gasteiger partial charge in [0.05, 0.1) is 24.0 Å². The highest BCUT2D eigenvalue weighted by molar-refractivity contribution is 7.98. The molecule has 11 heteroatoms. The monoisotopic (exact) mass is 622 g/mol. The lowest BCUT2D eigenvalue weighted by Crippen LogP contribution is -2.23. The molecule has 5 nitrogen and oxygen atoms in total. The zero-order valence-electron chi connectivity index (χ0n) is 23.7. The quantitative estimate of drug-likeness (QED) is 0.100. The fraction of sp³-hybridized carbons (Fsp3) is 0.242. The largest absolute Gasteiger partial charge is 0.416 e. The Morgan fingerprint density at radius 3 is 2.25 bits per heavy atom. The van der Waals surface area contributed by atoms with Crippen LogP contribution < -0.4 is 5.56 Å². The molecular weight excluding hydrogens is 595 g/mol. The van der Waals surface area contributed by atoms with Gasteiger partial charge in [0, 0.05) is 29.1 Å². The summed E-state index contributed by atoms with van der Waals surface area (Å²) in [6.45, 7) is 2.95. The van der Waals surface area contributed by atoms with Gasteiger partial charge in [-0.15, -0.1) is 0 Å². The van der Waals surface area contributed by atoms with Gasteiger partial charge in [-0.05, 0) is 61.1 Å². The summed E-state index contributed by atoms with van der Waals surface area (Å²) >= 11 is 1.19. The molecule has 0 bridgehead atoms. The Hall–Kier alpha value is -4.25. The van der Waals surface area contributed by atoms with Crippen molar-refractivity contribution >= 4 is 11.8 Å². The lowest BCUT2D eigenvalue weighted by atomic mass is 10.0. The minimum absolute atomic E-state index is 0.105. The maximum absolute atomic E-state index is 14.4. The molecule has 0 aliphatic heterocycles. The average Bonchev–Trinajstić information content (AvgIpc) is 3.67. The molecule has 0 saturated heterocycles. The molecule has 0 radical (unpaired) electrons. The van der Waals surface area contributed by atoms with Crippen molar-refractivity contribution in [3.05, 3.63) is 123 Å². The van der Waals surface area contributed by atoms with Crippen LogP contribution in [0.2, 0.25) is 0 Å². The van der Waals surface area contributed by atoms with Gasteiger partial charge < -0.3 is 9.13 Å². The fourth-order valence-electron chi connectivity index (χ4n) is 5.61. The molecule has 5 aromatic rings. The summed E-state index contributed by atoms with van der Waals surface area (Å²) in [5, 5.41) is 0.424. The summed E-state index contributed by atoms with van der Waals surface area (Å²) in [6, 6.07) is 16.7.